The van der Waals surface area contributed by atoms with Crippen molar-refractivity contribution < 1.29 is 14.6 Å². The van der Waals surface area contributed by atoms with E-state index >= 15 is 0 Å². The summed E-state index contributed by atoms with van der Waals surface area (Å²) in [6.07, 6.45) is 3.01. The van der Waals surface area contributed by atoms with E-state index in [-0.39, 0.29) is 24.9 Å². The lowest BCUT2D eigenvalue weighted by Gasteiger charge is -2.24. The number of aromatic nitrogens is 2. The van der Waals surface area contributed by atoms with Crippen LogP contribution < -0.4 is 0 Å². The second-order valence-corrected chi connectivity index (χ2v) is 6.45. The fourth-order valence-corrected chi connectivity index (χ4v) is 3.44. The van der Waals surface area contributed by atoms with E-state index in [0.29, 0.717) is 13.2 Å². The Morgan fingerprint density at radius 2 is 1.50 bits per heavy atom. The van der Waals surface area contributed by atoms with Gasteiger partial charge in [0, 0.05) is 0 Å². The number of benzene rings is 2. The molecule has 134 valence electrons. The third-order valence-electron chi connectivity index (χ3n) is 4.77. The van der Waals surface area contributed by atoms with Crippen LogP contribution in [0.5, 0.6) is 0 Å². The van der Waals surface area contributed by atoms with E-state index in [9.17, 15) is 5.11 Å². The molecule has 26 heavy (non-hydrogen) atoms. The average molecular weight is 350 g/mol. The van der Waals surface area contributed by atoms with Gasteiger partial charge in [-0.2, -0.15) is 0 Å². The number of fused-ring (bicyclic) bond motifs is 1. The molecule has 0 amide bonds. The highest BCUT2D eigenvalue weighted by molar-refractivity contribution is 5.18. The molecule has 1 N–H and O–H groups in total. The Morgan fingerprint density at radius 3 is 2.12 bits per heavy atom. The number of rotatable bonds is 7. The third kappa shape index (κ3) is 3.42. The number of nitrogens with zero attached hydrogens (tertiary/aromatic N) is 2. The van der Waals surface area contributed by atoms with E-state index in [1.165, 1.54) is 0 Å². The molecule has 5 nitrogen and oxygen atoms in total. The first-order chi connectivity index (χ1) is 12.9. The second kappa shape index (κ2) is 7.83. The summed E-state index contributed by atoms with van der Waals surface area (Å²) in [5.41, 5.74) is 3.14. The van der Waals surface area contributed by atoms with Crippen LogP contribution in [0.1, 0.15) is 29.0 Å². The molecule has 0 aliphatic carbocycles. The lowest BCUT2D eigenvalue weighted by Crippen LogP contribution is -2.28. The largest absolute Gasteiger partial charge is 0.394 e. The van der Waals surface area contributed by atoms with Crippen molar-refractivity contribution in [3.8, 4) is 0 Å². The topological polar surface area (TPSA) is 56.5 Å². The molecule has 3 aromatic rings. The summed E-state index contributed by atoms with van der Waals surface area (Å²) in [5, 5.41) is 9.92. The predicted octanol–water partition coefficient (Wildman–Crippen LogP) is 3.27. The maximum atomic E-state index is 9.92. The molecule has 0 spiro atoms. The molecule has 0 radical (unpaired) electrons. The fourth-order valence-electron chi connectivity index (χ4n) is 3.44. The van der Waals surface area contributed by atoms with Gasteiger partial charge in [0.25, 0.3) is 0 Å². The Kier molecular flexibility index (Phi) is 5.11. The van der Waals surface area contributed by atoms with E-state index in [1.807, 2.05) is 65.2 Å². The van der Waals surface area contributed by atoms with Gasteiger partial charge < -0.3 is 19.1 Å². The molecule has 1 aliphatic heterocycles. The zero-order valence-electron chi connectivity index (χ0n) is 14.4. The minimum atomic E-state index is -0.265. The van der Waals surface area contributed by atoms with Crippen molar-refractivity contribution in [2.75, 3.05) is 6.61 Å². The summed E-state index contributed by atoms with van der Waals surface area (Å²) in [7, 11) is 0. The van der Waals surface area contributed by atoms with Gasteiger partial charge in [-0.05, 0) is 11.1 Å². The van der Waals surface area contributed by atoms with Crippen LogP contribution in [-0.2, 0) is 22.7 Å². The van der Waals surface area contributed by atoms with Crippen LogP contribution in [0.15, 0.2) is 73.2 Å². The summed E-state index contributed by atoms with van der Waals surface area (Å²) in [5.74, 6) is 0. The molecular formula is C21H22N2O3. The molecule has 0 saturated carbocycles. The van der Waals surface area contributed by atoms with Crippen molar-refractivity contribution in [3.05, 3.63) is 90.0 Å². The smallest absolute Gasteiger partial charge is 0.128 e. The number of aliphatic hydroxyl groups is 1. The Labute approximate surface area is 152 Å². The monoisotopic (exact) mass is 350 g/mol. The first-order valence-electron chi connectivity index (χ1n) is 8.80. The van der Waals surface area contributed by atoms with Gasteiger partial charge in [-0.15, -0.1) is 0 Å². The van der Waals surface area contributed by atoms with Gasteiger partial charge in [0.15, 0.2) is 0 Å². The molecule has 0 fully saturated rings. The van der Waals surface area contributed by atoms with E-state index in [0.717, 1.165) is 16.8 Å². The molecule has 2 aromatic carbocycles. The zero-order chi connectivity index (χ0) is 17.8. The van der Waals surface area contributed by atoms with E-state index in [2.05, 4.69) is 4.98 Å². The van der Waals surface area contributed by atoms with Crippen molar-refractivity contribution in [1.29, 1.82) is 0 Å². The predicted molar refractivity (Wildman–Crippen MR) is 97.3 cm³/mol. The highest BCUT2D eigenvalue weighted by Crippen LogP contribution is 2.39. The highest BCUT2D eigenvalue weighted by atomic mass is 16.5. The lowest BCUT2D eigenvalue weighted by molar-refractivity contribution is -0.0965. The minimum absolute atomic E-state index is 0.0198. The van der Waals surface area contributed by atoms with Crippen LogP contribution in [0.3, 0.4) is 0 Å². The number of ether oxygens (including phenoxy) is 2. The SMILES string of the molecule is OC[C@@H]1[C@@H](OCc2ccccc2)[C@H](OCc2ccccc2)c2cncn21. The number of aliphatic hydroxyl groups excluding tert-OH is 1. The van der Waals surface area contributed by atoms with Crippen LogP contribution in [0.4, 0.5) is 0 Å². The van der Waals surface area contributed by atoms with Gasteiger partial charge >= 0.3 is 0 Å². The summed E-state index contributed by atoms with van der Waals surface area (Å²) in [6, 6.07) is 19.9. The molecule has 0 bridgehead atoms. The van der Waals surface area contributed by atoms with Crippen LogP contribution in [0.2, 0.25) is 0 Å². The minimum Gasteiger partial charge on any atom is -0.394 e. The molecule has 0 saturated heterocycles. The molecule has 2 heterocycles. The fraction of sp³-hybridized carbons (Fsp3) is 0.286. The van der Waals surface area contributed by atoms with Crippen molar-refractivity contribution in [1.82, 2.24) is 9.55 Å². The number of hydrogen-bond donors (Lipinski definition) is 1. The molecular weight excluding hydrogens is 328 g/mol. The van der Waals surface area contributed by atoms with Crippen molar-refractivity contribution in [3.63, 3.8) is 0 Å². The number of hydrogen-bond acceptors (Lipinski definition) is 4. The average Bonchev–Trinajstić information content (AvgIpc) is 3.27. The van der Waals surface area contributed by atoms with Crippen molar-refractivity contribution in [2.24, 2.45) is 0 Å². The first-order valence-corrected chi connectivity index (χ1v) is 8.80. The van der Waals surface area contributed by atoms with E-state index < -0.39 is 0 Å². The Balaban J connectivity index is 1.51. The standard InChI is InChI=1S/C21H22N2O3/c24-12-19-21(26-14-17-9-5-2-6-10-17)20(18-11-22-15-23(18)19)25-13-16-7-3-1-4-8-16/h1-11,15,19-21,24H,12-14H2/t19-,20-,21-/m1/s1. The van der Waals surface area contributed by atoms with Crippen LogP contribution >= 0.6 is 0 Å². The normalized spacial score (nSPS) is 21.7. The summed E-state index contributed by atoms with van der Waals surface area (Å²) in [4.78, 5) is 4.22. The first kappa shape index (κ1) is 17.0. The molecule has 0 unspecified atom stereocenters. The van der Waals surface area contributed by atoms with Gasteiger partial charge in [-0.25, -0.2) is 4.98 Å². The quantitative estimate of drug-likeness (QED) is 0.710. The van der Waals surface area contributed by atoms with Gasteiger partial charge in [0.1, 0.15) is 12.2 Å². The van der Waals surface area contributed by atoms with E-state index in [4.69, 9.17) is 9.47 Å². The maximum absolute atomic E-state index is 9.92. The van der Waals surface area contributed by atoms with E-state index in [1.54, 1.807) is 12.5 Å². The van der Waals surface area contributed by atoms with Crippen molar-refractivity contribution >= 4 is 0 Å². The lowest BCUT2D eigenvalue weighted by atomic mass is 10.1. The number of imidazole rings is 1. The molecule has 4 rings (SSSR count). The van der Waals surface area contributed by atoms with Crippen molar-refractivity contribution in [2.45, 2.75) is 31.5 Å². The van der Waals surface area contributed by atoms with Crippen LogP contribution in [-0.4, -0.2) is 27.4 Å². The van der Waals surface area contributed by atoms with Gasteiger partial charge in [-0.3, -0.25) is 0 Å². The maximum Gasteiger partial charge on any atom is 0.128 e. The highest BCUT2D eigenvalue weighted by Gasteiger charge is 2.42. The van der Waals surface area contributed by atoms with Crippen LogP contribution in [0, 0.1) is 0 Å². The van der Waals surface area contributed by atoms with Crippen LogP contribution in [0.25, 0.3) is 0 Å². The second-order valence-electron chi connectivity index (χ2n) is 6.45. The third-order valence-corrected chi connectivity index (χ3v) is 4.77. The summed E-state index contributed by atoms with van der Waals surface area (Å²) < 4.78 is 14.4. The zero-order valence-corrected chi connectivity index (χ0v) is 14.4. The van der Waals surface area contributed by atoms with Gasteiger partial charge in [0.05, 0.1) is 44.1 Å². The summed E-state index contributed by atoms with van der Waals surface area (Å²) in [6.45, 7) is 0.944. The van der Waals surface area contributed by atoms with Gasteiger partial charge in [-0.1, -0.05) is 60.7 Å². The molecule has 1 aliphatic rings. The molecule has 3 atom stereocenters. The Hall–Kier alpha value is -2.47. The molecule has 1 aromatic heterocycles. The Morgan fingerprint density at radius 1 is 0.885 bits per heavy atom. The Bertz CT molecular complexity index is 820. The molecule has 5 heteroatoms. The van der Waals surface area contributed by atoms with Gasteiger partial charge in [0.2, 0.25) is 0 Å². The summed E-state index contributed by atoms with van der Waals surface area (Å²) >= 11 is 0.